The van der Waals surface area contributed by atoms with Crippen LogP contribution in [0.4, 0.5) is 4.79 Å². The first-order chi connectivity index (χ1) is 16.1. The number of amides is 3. The number of thiazole rings is 1. The number of aryl methyl sites for hydroxylation is 1. The van der Waals surface area contributed by atoms with E-state index in [1.54, 1.807) is 5.38 Å². The second-order valence-electron chi connectivity index (χ2n) is 9.15. The molecule has 33 heavy (non-hydrogen) atoms. The molecule has 2 aliphatic carbocycles. The second kappa shape index (κ2) is 11.5. The largest absolute Gasteiger partial charge is 0.486 e. The smallest absolute Gasteiger partial charge is 0.315 e. The van der Waals surface area contributed by atoms with Crippen LogP contribution in [0.3, 0.4) is 0 Å². The van der Waals surface area contributed by atoms with Crippen molar-refractivity contribution in [2.24, 2.45) is 0 Å². The Labute approximate surface area is 199 Å². The zero-order valence-electron chi connectivity index (χ0n) is 19.3. The predicted octanol–water partition coefficient (Wildman–Crippen LogP) is 4.70. The Hall–Kier alpha value is -2.61. The van der Waals surface area contributed by atoms with Crippen molar-refractivity contribution in [2.75, 3.05) is 0 Å². The Morgan fingerprint density at radius 3 is 2.33 bits per heavy atom. The van der Waals surface area contributed by atoms with E-state index in [0.717, 1.165) is 49.3 Å². The summed E-state index contributed by atoms with van der Waals surface area (Å²) in [7, 11) is 0. The van der Waals surface area contributed by atoms with Crippen molar-refractivity contribution in [3.8, 4) is 5.75 Å². The molecule has 0 unspecified atom stereocenters. The zero-order chi connectivity index (χ0) is 23.0. The third-order valence-electron chi connectivity index (χ3n) is 6.51. The molecule has 2 saturated carbocycles. The van der Waals surface area contributed by atoms with Gasteiger partial charge in [0.25, 0.3) is 5.91 Å². The first-order valence-corrected chi connectivity index (χ1v) is 13.0. The van der Waals surface area contributed by atoms with E-state index in [2.05, 4.69) is 20.9 Å². The lowest BCUT2D eigenvalue weighted by Gasteiger charge is -2.33. The molecule has 0 bridgehead atoms. The molecule has 1 heterocycles. The number of benzene rings is 1. The fourth-order valence-corrected chi connectivity index (χ4v) is 5.31. The summed E-state index contributed by atoms with van der Waals surface area (Å²) in [5.74, 6) is 0.587. The fraction of sp³-hybridized carbons (Fsp3) is 0.560. The van der Waals surface area contributed by atoms with Gasteiger partial charge in [0.1, 0.15) is 23.1 Å². The number of hydrogen-bond donors (Lipinski definition) is 3. The number of rotatable bonds is 7. The molecule has 178 valence electrons. The van der Waals surface area contributed by atoms with E-state index in [1.807, 2.05) is 31.2 Å². The summed E-state index contributed by atoms with van der Waals surface area (Å²) >= 11 is 1.42. The molecule has 0 spiro atoms. The van der Waals surface area contributed by atoms with Crippen LogP contribution >= 0.6 is 11.3 Å². The SMILES string of the molecule is Cc1ccc(OCc2nc(C(=O)N[C@@H]3CCCC[C@H]3NC(=O)NC3CCCCC3)cs2)cc1. The number of carbonyl (C=O) groups excluding carboxylic acids is 2. The van der Waals surface area contributed by atoms with E-state index in [0.29, 0.717) is 12.3 Å². The Kier molecular flexibility index (Phi) is 8.20. The monoisotopic (exact) mass is 470 g/mol. The molecule has 0 radical (unpaired) electrons. The van der Waals surface area contributed by atoms with E-state index < -0.39 is 0 Å². The van der Waals surface area contributed by atoms with Crippen molar-refractivity contribution in [1.29, 1.82) is 0 Å². The maximum absolute atomic E-state index is 12.9. The van der Waals surface area contributed by atoms with Crippen molar-refractivity contribution in [3.05, 3.63) is 45.9 Å². The summed E-state index contributed by atoms with van der Waals surface area (Å²) in [4.78, 5) is 29.8. The van der Waals surface area contributed by atoms with E-state index in [4.69, 9.17) is 4.74 Å². The molecule has 0 saturated heterocycles. The van der Waals surface area contributed by atoms with Crippen LogP contribution in [-0.4, -0.2) is 35.0 Å². The van der Waals surface area contributed by atoms with Gasteiger partial charge in [0.2, 0.25) is 0 Å². The van der Waals surface area contributed by atoms with Gasteiger partial charge in [-0.05, 0) is 44.7 Å². The minimum absolute atomic E-state index is 0.0609. The minimum atomic E-state index is -0.195. The Morgan fingerprint density at radius 1 is 0.939 bits per heavy atom. The highest BCUT2D eigenvalue weighted by Gasteiger charge is 2.29. The molecule has 3 amide bonds. The summed E-state index contributed by atoms with van der Waals surface area (Å²) in [6, 6.07) is 7.86. The standard InChI is InChI=1S/C25H34N4O3S/c1-17-11-13-19(14-12-17)32-15-23-27-22(16-33-23)24(30)28-20-9-5-6-10-21(20)29-25(31)26-18-7-3-2-4-8-18/h11-14,16,18,20-21H,2-10,15H2,1H3,(H,28,30)(H2,26,29,31)/t20-,21-/m1/s1. The quantitative estimate of drug-likeness (QED) is 0.547. The van der Waals surface area contributed by atoms with Gasteiger partial charge in [0.15, 0.2) is 0 Å². The molecule has 1 aromatic heterocycles. The van der Waals surface area contributed by atoms with Crippen LogP contribution in [0.25, 0.3) is 0 Å². The lowest BCUT2D eigenvalue weighted by atomic mass is 9.90. The van der Waals surface area contributed by atoms with E-state index in [-0.39, 0.29) is 30.1 Å². The molecule has 7 nitrogen and oxygen atoms in total. The first kappa shape index (κ1) is 23.5. The van der Waals surface area contributed by atoms with Gasteiger partial charge in [-0.15, -0.1) is 11.3 Å². The van der Waals surface area contributed by atoms with Gasteiger partial charge in [0, 0.05) is 17.5 Å². The average Bonchev–Trinajstić information content (AvgIpc) is 3.30. The number of ether oxygens (including phenoxy) is 1. The summed E-state index contributed by atoms with van der Waals surface area (Å²) < 4.78 is 5.77. The van der Waals surface area contributed by atoms with Gasteiger partial charge in [0.05, 0.1) is 6.04 Å². The predicted molar refractivity (Wildman–Crippen MR) is 130 cm³/mol. The molecule has 2 atom stereocenters. The van der Waals surface area contributed by atoms with Crippen molar-refractivity contribution >= 4 is 23.3 Å². The molecule has 1 aromatic carbocycles. The number of nitrogens with one attached hydrogen (secondary N) is 3. The van der Waals surface area contributed by atoms with Gasteiger partial charge in [-0.2, -0.15) is 0 Å². The Morgan fingerprint density at radius 2 is 1.61 bits per heavy atom. The molecule has 8 heteroatoms. The summed E-state index contributed by atoms with van der Waals surface area (Å²) in [5, 5.41) is 11.9. The molecule has 3 N–H and O–H groups in total. The maximum Gasteiger partial charge on any atom is 0.315 e. The van der Waals surface area contributed by atoms with Gasteiger partial charge in [-0.25, -0.2) is 9.78 Å². The molecule has 4 rings (SSSR count). The van der Waals surface area contributed by atoms with Crippen LogP contribution in [0.2, 0.25) is 0 Å². The normalized spacial score (nSPS) is 21.2. The molecule has 2 fully saturated rings. The minimum Gasteiger partial charge on any atom is -0.486 e. The van der Waals surface area contributed by atoms with Crippen LogP contribution in [0.15, 0.2) is 29.6 Å². The lowest BCUT2D eigenvalue weighted by Crippen LogP contribution is -2.56. The van der Waals surface area contributed by atoms with Crippen LogP contribution in [0.5, 0.6) is 5.75 Å². The first-order valence-electron chi connectivity index (χ1n) is 12.1. The number of hydrogen-bond acceptors (Lipinski definition) is 5. The molecule has 2 aromatic rings. The third kappa shape index (κ3) is 6.93. The number of carbonyl (C=O) groups is 2. The third-order valence-corrected chi connectivity index (χ3v) is 7.33. The molecular weight excluding hydrogens is 436 g/mol. The zero-order valence-corrected chi connectivity index (χ0v) is 20.1. The van der Waals surface area contributed by atoms with Crippen LogP contribution in [0, 0.1) is 6.92 Å². The number of nitrogens with zero attached hydrogens (tertiary/aromatic N) is 1. The van der Waals surface area contributed by atoms with E-state index >= 15 is 0 Å². The average molecular weight is 471 g/mol. The van der Waals surface area contributed by atoms with Crippen molar-refractivity contribution in [1.82, 2.24) is 20.9 Å². The van der Waals surface area contributed by atoms with Gasteiger partial charge >= 0.3 is 6.03 Å². The topological polar surface area (TPSA) is 92.3 Å². The van der Waals surface area contributed by atoms with Crippen molar-refractivity contribution in [3.63, 3.8) is 0 Å². The molecule has 0 aliphatic heterocycles. The second-order valence-corrected chi connectivity index (χ2v) is 10.1. The van der Waals surface area contributed by atoms with E-state index in [1.165, 1.54) is 36.2 Å². The van der Waals surface area contributed by atoms with Crippen molar-refractivity contribution < 1.29 is 14.3 Å². The highest BCUT2D eigenvalue weighted by atomic mass is 32.1. The lowest BCUT2D eigenvalue weighted by molar-refractivity contribution is 0.0911. The van der Waals surface area contributed by atoms with Crippen LogP contribution in [0.1, 0.15) is 78.8 Å². The summed E-state index contributed by atoms with van der Waals surface area (Å²) in [6.07, 6.45) is 9.54. The van der Waals surface area contributed by atoms with Gasteiger partial charge < -0.3 is 20.7 Å². The Bertz CT molecular complexity index is 924. The van der Waals surface area contributed by atoms with Gasteiger partial charge in [-0.1, -0.05) is 49.8 Å². The summed E-state index contributed by atoms with van der Waals surface area (Å²) in [5.41, 5.74) is 1.58. The number of urea groups is 1. The van der Waals surface area contributed by atoms with E-state index in [9.17, 15) is 9.59 Å². The molecular formula is C25H34N4O3S. The number of aromatic nitrogens is 1. The molecule has 2 aliphatic rings. The van der Waals surface area contributed by atoms with Crippen LogP contribution < -0.4 is 20.7 Å². The highest BCUT2D eigenvalue weighted by Crippen LogP contribution is 2.21. The maximum atomic E-state index is 12.9. The highest BCUT2D eigenvalue weighted by molar-refractivity contribution is 7.09. The fourth-order valence-electron chi connectivity index (χ4n) is 4.62. The Balaban J connectivity index is 1.27. The summed E-state index contributed by atoms with van der Waals surface area (Å²) in [6.45, 7) is 2.36. The van der Waals surface area contributed by atoms with Crippen LogP contribution in [-0.2, 0) is 6.61 Å². The van der Waals surface area contributed by atoms with Gasteiger partial charge in [-0.3, -0.25) is 4.79 Å². The van der Waals surface area contributed by atoms with Crippen molar-refractivity contribution in [2.45, 2.75) is 89.4 Å².